The van der Waals surface area contributed by atoms with E-state index in [0.29, 0.717) is 12.5 Å². The van der Waals surface area contributed by atoms with E-state index in [2.05, 4.69) is 20.6 Å². The van der Waals surface area contributed by atoms with E-state index in [4.69, 9.17) is 5.11 Å². The Bertz CT molecular complexity index is 600. The largest absolute Gasteiger partial charge is 0.395 e. The number of aromatic nitrogens is 2. The molecule has 21 heavy (non-hydrogen) atoms. The molecule has 2 aromatic rings. The SMILES string of the molecule is Cc1cnc(Nc2cccc(N(C)C)c2)nc1NCCO. The number of rotatable bonds is 6. The number of hydrogen-bond donors (Lipinski definition) is 3. The number of nitrogens with zero attached hydrogens (tertiary/aromatic N) is 3. The van der Waals surface area contributed by atoms with E-state index in [1.165, 1.54) is 0 Å². The molecule has 0 saturated carbocycles. The summed E-state index contributed by atoms with van der Waals surface area (Å²) in [6.45, 7) is 2.46. The van der Waals surface area contributed by atoms with Gasteiger partial charge in [0.25, 0.3) is 0 Å². The lowest BCUT2D eigenvalue weighted by molar-refractivity contribution is 0.311. The molecule has 0 unspecified atom stereocenters. The van der Waals surface area contributed by atoms with Crippen molar-refractivity contribution in [2.75, 3.05) is 42.8 Å². The minimum absolute atomic E-state index is 0.0666. The fraction of sp³-hybridized carbons (Fsp3) is 0.333. The van der Waals surface area contributed by atoms with Crippen molar-refractivity contribution < 1.29 is 5.11 Å². The molecule has 112 valence electrons. The number of nitrogens with one attached hydrogen (secondary N) is 2. The quantitative estimate of drug-likeness (QED) is 0.754. The fourth-order valence-electron chi connectivity index (χ4n) is 1.85. The molecule has 6 heteroatoms. The van der Waals surface area contributed by atoms with Gasteiger partial charge in [0, 0.05) is 43.8 Å². The summed E-state index contributed by atoms with van der Waals surface area (Å²) in [6, 6.07) is 8.02. The molecule has 2 rings (SSSR count). The molecule has 0 bridgehead atoms. The van der Waals surface area contributed by atoms with Gasteiger partial charge in [-0.1, -0.05) is 6.07 Å². The normalized spacial score (nSPS) is 10.3. The smallest absolute Gasteiger partial charge is 0.229 e. The summed E-state index contributed by atoms with van der Waals surface area (Å²) in [4.78, 5) is 10.7. The van der Waals surface area contributed by atoms with Crippen LogP contribution >= 0.6 is 0 Å². The average Bonchev–Trinajstić information content (AvgIpc) is 2.48. The Kier molecular flexibility index (Phi) is 4.94. The topological polar surface area (TPSA) is 73.3 Å². The van der Waals surface area contributed by atoms with Gasteiger partial charge in [-0.15, -0.1) is 0 Å². The zero-order valence-corrected chi connectivity index (χ0v) is 12.6. The molecule has 0 fully saturated rings. The Morgan fingerprint density at radius 3 is 2.81 bits per heavy atom. The van der Waals surface area contributed by atoms with Crippen LogP contribution in [0.3, 0.4) is 0 Å². The van der Waals surface area contributed by atoms with Crippen LogP contribution in [-0.2, 0) is 0 Å². The van der Waals surface area contributed by atoms with Crippen LogP contribution in [0.2, 0.25) is 0 Å². The number of hydrogen-bond acceptors (Lipinski definition) is 6. The second kappa shape index (κ2) is 6.90. The van der Waals surface area contributed by atoms with Gasteiger partial charge in [-0.25, -0.2) is 4.98 Å². The Morgan fingerprint density at radius 1 is 1.29 bits per heavy atom. The molecular weight excluding hydrogens is 266 g/mol. The lowest BCUT2D eigenvalue weighted by Gasteiger charge is -2.14. The molecular formula is C15H21N5O. The molecule has 1 heterocycles. The Hall–Kier alpha value is -2.34. The highest BCUT2D eigenvalue weighted by Gasteiger charge is 2.04. The van der Waals surface area contributed by atoms with Gasteiger partial charge in [0.15, 0.2) is 0 Å². The molecule has 1 aromatic carbocycles. The molecule has 0 radical (unpaired) electrons. The lowest BCUT2D eigenvalue weighted by Crippen LogP contribution is -2.10. The van der Waals surface area contributed by atoms with Crippen molar-refractivity contribution in [3.8, 4) is 0 Å². The van der Waals surface area contributed by atoms with Gasteiger partial charge in [0.2, 0.25) is 5.95 Å². The zero-order chi connectivity index (χ0) is 15.2. The van der Waals surface area contributed by atoms with Crippen LogP contribution in [-0.4, -0.2) is 42.3 Å². The molecule has 0 aliphatic heterocycles. The molecule has 0 amide bonds. The maximum absolute atomic E-state index is 8.88. The first-order valence-corrected chi connectivity index (χ1v) is 6.83. The fourth-order valence-corrected chi connectivity index (χ4v) is 1.85. The molecule has 0 spiro atoms. The Balaban J connectivity index is 2.17. The van der Waals surface area contributed by atoms with E-state index >= 15 is 0 Å². The molecule has 0 saturated heterocycles. The minimum Gasteiger partial charge on any atom is -0.395 e. The molecule has 0 aliphatic carbocycles. The highest BCUT2D eigenvalue weighted by molar-refractivity contribution is 5.62. The number of aliphatic hydroxyl groups is 1. The van der Waals surface area contributed by atoms with Crippen molar-refractivity contribution in [3.63, 3.8) is 0 Å². The van der Waals surface area contributed by atoms with Crippen LogP contribution < -0.4 is 15.5 Å². The van der Waals surface area contributed by atoms with Gasteiger partial charge < -0.3 is 20.6 Å². The predicted molar refractivity (Wildman–Crippen MR) is 86.4 cm³/mol. The summed E-state index contributed by atoms with van der Waals surface area (Å²) >= 11 is 0. The third-order valence-electron chi connectivity index (χ3n) is 2.99. The van der Waals surface area contributed by atoms with Crippen LogP contribution in [0, 0.1) is 6.92 Å². The highest BCUT2D eigenvalue weighted by Crippen LogP contribution is 2.21. The van der Waals surface area contributed by atoms with Crippen molar-refractivity contribution in [1.82, 2.24) is 9.97 Å². The Morgan fingerprint density at radius 2 is 2.10 bits per heavy atom. The van der Waals surface area contributed by atoms with Gasteiger partial charge in [-0.05, 0) is 25.1 Å². The number of aliphatic hydroxyl groups excluding tert-OH is 1. The van der Waals surface area contributed by atoms with E-state index in [1.54, 1.807) is 6.20 Å². The predicted octanol–water partition coefficient (Wildman–Crippen LogP) is 2.00. The van der Waals surface area contributed by atoms with Crippen LogP contribution in [0.5, 0.6) is 0 Å². The van der Waals surface area contributed by atoms with E-state index in [9.17, 15) is 0 Å². The lowest BCUT2D eigenvalue weighted by atomic mass is 10.2. The van der Waals surface area contributed by atoms with E-state index < -0.39 is 0 Å². The standard InChI is InChI=1S/C15H21N5O/c1-11-10-17-15(19-14(11)16-7-8-21)18-12-5-4-6-13(9-12)20(2)3/h4-6,9-10,21H,7-8H2,1-3H3,(H2,16,17,18,19). The van der Waals surface area contributed by atoms with Crippen LogP contribution in [0.25, 0.3) is 0 Å². The number of aryl methyl sites for hydroxylation is 1. The minimum atomic E-state index is 0.0666. The maximum atomic E-state index is 8.88. The van der Waals surface area contributed by atoms with Crippen LogP contribution in [0.15, 0.2) is 30.5 Å². The third kappa shape index (κ3) is 4.06. The molecule has 6 nitrogen and oxygen atoms in total. The number of anilines is 4. The second-order valence-electron chi connectivity index (χ2n) is 4.95. The van der Waals surface area contributed by atoms with Crippen molar-refractivity contribution in [2.45, 2.75) is 6.92 Å². The zero-order valence-electron chi connectivity index (χ0n) is 12.6. The molecule has 3 N–H and O–H groups in total. The van der Waals surface area contributed by atoms with Crippen molar-refractivity contribution >= 4 is 23.1 Å². The van der Waals surface area contributed by atoms with Gasteiger partial charge in [-0.3, -0.25) is 0 Å². The van der Waals surface area contributed by atoms with Gasteiger partial charge in [0.1, 0.15) is 5.82 Å². The first kappa shape index (κ1) is 15.1. The molecule has 0 atom stereocenters. The van der Waals surface area contributed by atoms with Crippen molar-refractivity contribution in [3.05, 3.63) is 36.0 Å². The van der Waals surface area contributed by atoms with E-state index in [0.717, 1.165) is 22.8 Å². The summed E-state index contributed by atoms with van der Waals surface area (Å²) in [5.74, 6) is 1.25. The summed E-state index contributed by atoms with van der Waals surface area (Å²) in [5, 5.41) is 15.1. The first-order valence-electron chi connectivity index (χ1n) is 6.83. The monoisotopic (exact) mass is 287 g/mol. The summed E-state index contributed by atoms with van der Waals surface area (Å²) < 4.78 is 0. The average molecular weight is 287 g/mol. The number of benzene rings is 1. The van der Waals surface area contributed by atoms with E-state index in [1.807, 2.05) is 50.2 Å². The molecule has 1 aromatic heterocycles. The summed E-state index contributed by atoms with van der Waals surface area (Å²) in [6.07, 6.45) is 1.75. The first-order chi connectivity index (χ1) is 10.1. The third-order valence-corrected chi connectivity index (χ3v) is 2.99. The van der Waals surface area contributed by atoms with Crippen LogP contribution in [0.1, 0.15) is 5.56 Å². The Labute approximate surface area is 124 Å². The summed E-state index contributed by atoms with van der Waals surface area (Å²) in [5.41, 5.74) is 2.97. The van der Waals surface area contributed by atoms with Gasteiger partial charge >= 0.3 is 0 Å². The van der Waals surface area contributed by atoms with Gasteiger partial charge in [-0.2, -0.15) is 4.98 Å². The van der Waals surface area contributed by atoms with E-state index in [-0.39, 0.29) is 6.61 Å². The van der Waals surface area contributed by atoms with Gasteiger partial charge in [0.05, 0.1) is 6.61 Å². The highest BCUT2D eigenvalue weighted by atomic mass is 16.3. The molecule has 0 aliphatic rings. The van der Waals surface area contributed by atoms with Crippen molar-refractivity contribution in [1.29, 1.82) is 0 Å². The second-order valence-corrected chi connectivity index (χ2v) is 4.95. The van der Waals surface area contributed by atoms with Crippen LogP contribution in [0.4, 0.5) is 23.1 Å². The van der Waals surface area contributed by atoms with Crippen molar-refractivity contribution in [2.24, 2.45) is 0 Å². The maximum Gasteiger partial charge on any atom is 0.229 e. The summed E-state index contributed by atoms with van der Waals surface area (Å²) in [7, 11) is 4.00.